The van der Waals surface area contributed by atoms with Crippen LogP contribution in [0.15, 0.2) is 46.2 Å². The molecule has 0 aliphatic carbocycles. The number of pyridine rings is 1. The van der Waals surface area contributed by atoms with Gasteiger partial charge in [-0.3, -0.25) is 4.98 Å². The fraction of sp³-hybridized carbons (Fsp3) is 0.333. The number of H-pyrrole nitrogens is 1. The number of benzene rings is 1. The molecule has 17 heteroatoms. The van der Waals surface area contributed by atoms with Gasteiger partial charge in [0.25, 0.3) is 0 Å². The van der Waals surface area contributed by atoms with E-state index in [1.54, 1.807) is 18.5 Å². The molecule has 0 radical (unpaired) electrons. The first-order valence-electron chi connectivity index (χ1n) is 11.0. The molecule has 3 aromatic heterocycles. The Morgan fingerprint density at radius 2 is 1.95 bits per heavy atom. The van der Waals surface area contributed by atoms with E-state index in [4.69, 9.17) is 9.47 Å². The number of hydrogen-bond donors (Lipinski definition) is 3. The van der Waals surface area contributed by atoms with Gasteiger partial charge in [0.15, 0.2) is 23.3 Å². The number of aliphatic hydroxyl groups is 2. The fourth-order valence-electron chi connectivity index (χ4n) is 3.90. The second kappa shape index (κ2) is 11.4. The summed E-state index contributed by atoms with van der Waals surface area (Å²) in [5, 5.41) is 42.6. The highest BCUT2D eigenvalue weighted by Crippen LogP contribution is 2.40. The Bertz CT molecular complexity index is 1380. The van der Waals surface area contributed by atoms with Crippen LogP contribution in [0.25, 0.3) is 11.3 Å². The highest BCUT2D eigenvalue weighted by Gasteiger charge is 2.48. The van der Waals surface area contributed by atoms with E-state index in [0.717, 1.165) is 16.6 Å². The quantitative estimate of drug-likeness (QED) is 0.249. The summed E-state index contributed by atoms with van der Waals surface area (Å²) >= 11 is 4.59. The van der Waals surface area contributed by atoms with E-state index in [1.165, 1.54) is 22.6 Å². The molecule has 200 valence electrons. The summed E-state index contributed by atoms with van der Waals surface area (Å²) in [5.74, 6) is -4.15. The van der Waals surface area contributed by atoms with Crippen LogP contribution in [0.3, 0.4) is 0 Å². The molecule has 0 bridgehead atoms. The van der Waals surface area contributed by atoms with E-state index in [0.29, 0.717) is 4.90 Å². The molecule has 1 saturated heterocycles. The zero-order valence-corrected chi connectivity index (χ0v) is 21.4. The Morgan fingerprint density at radius 1 is 1.16 bits per heavy atom. The van der Waals surface area contributed by atoms with Gasteiger partial charge < -0.3 is 19.7 Å². The van der Waals surface area contributed by atoms with E-state index in [9.17, 15) is 23.4 Å². The van der Waals surface area contributed by atoms with Crippen LogP contribution >= 0.6 is 27.7 Å². The van der Waals surface area contributed by atoms with Crippen molar-refractivity contribution in [2.24, 2.45) is 0 Å². The molecule has 1 aliphatic heterocycles. The second-order valence-corrected chi connectivity index (χ2v) is 10.2. The van der Waals surface area contributed by atoms with E-state index in [1.807, 2.05) is 0 Å². The summed E-state index contributed by atoms with van der Waals surface area (Å²) in [6.07, 6.45) is 1.21. The van der Waals surface area contributed by atoms with E-state index < -0.39 is 53.8 Å². The van der Waals surface area contributed by atoms with Crippen LogP contribution in [0, 0.1) is 17.5 Å². The van der Waals surface area contributed by atoms with Crippen molar-refractivity contribution in [3.05, 3.63) is 64.5 Å². The summed E-state index contributed by atoms with van der Waals surface area (Å²) in [4.78, 5) is 4.83. The third-order valence-electron chi connectivity index (χ3n) is 5.65. The Balaban J connectivity index is 1.51. The fourth-order valence-corrected chi connectivity index (χ4v) is 5.57. The lowest BCUT2D eigenvalue weighted by molar-refractivity contribution is -0.196. The summed E-state index contributed by atoms with van der Waals surface area (Å²) in [6, 6.07) is 2.37. The van der Waals surface area contributed by atoms with Gasteiger partial charge in [-0.25, -0.2) is 17.9 Å². The predicted molar refractivity (Wildman–Crippen MR) is 127 cm³/mol. The molecular weight excluding hydrogens is 597 g/mol. The number of tetrazole rings is 1. The molecule has 1 aromatic carbocycles. The molecule has 0 saturated carbocycles. The number of nitrogens with zero attached hydrogens (tertiary/aromatic N) is 7. The first-order chi connectivity index (χ1) is 18.3. The van der Waals surface area contributed by atoms with Crippen LogP contribution in [0.2, 0.25) is 0 Å². The van der Waals surface area contributed by atoms with Gasteiger partial charge in [0, 0.05) is 27.3 Å². The molecule has 0 amide bonds. The SMILES string of the molecule is OCC1O[C@H](Sc2cncc(Br)c2)[C@@H](OCc2nn[nH]n2)C(n2cc(-c3cc(F)c(F)c(F)c3)nn2)[C@H]1O. The standard InChI is InChI=1S/C21H18BrF3N8O4S/c22-10-3-11(5-26-4-10)38-21-20(36-8-16-28-30-31-29-16)18(19(35)15(7-34)37-21)33-6-14(27-32-33)9-1-12(23)17(25)13(24)2-9/h1-6,15,18-21,34-35H,7-8H2,(H,28,29,30,31)/t15?,18?,19-,20-,21+/m0/s1. The predicted octanol–water partition coefficient (Wildman–Crippen LogP) is 2.03. The van der Waals surface area contributed by atoms with E-state index in [2.05, 4.69) is 51.9 Å². The molecule has 0 spiro atoms. The highest BCUT2D eigenvalue weighted by molar-refractivity contribution is 9.10. The minimum atomic E-state index is -1.61. The Kier molecular flexibility index (Phi) is 8.01. The maximum absolute atomic E-state index is 13.8. The molecule has 1 aliphatic rings. The van der Waals surface area contributed by atoms with Gasteiger partial charge in [-0.1, -0.05) is 22.2 Å². The van der Waals surface area contributed by atoms with Crippen molar-refractivity contribution < 1.29 is 32.9 Å². The molecule has 4 heterocycles. The van der Waals surface area contributed by atoms with Gasteiger partial charge in [0.05, 0.1) is 12.8 Å². The molecule has 38 heavy (non-hydrogen) atoms. The van der Waals surface area contributed by atoms with Crippen molar-refractivity contribution >= 4 is 27.7 Å². The number of aromatic amines is 1. The largest absolute Gasteiger partial charge is 0.394 e. The monoisotopic (exact) mass is 614 g/mol. The lowest BCUT2D eigenvalue weighted by Gasteiger charge is -2.43. The number of ether oxygens (including phenoxy) is 2. The summed E-state index contributed by atoms with van der Waals surface area (Å²) < 4.78 is 55.1. The average Bonchev–Trinajstić information content (AvgIpc) is 3.59. The van der Waals surface area contributed by atoms with Crippen molar-refractivity contribution in [2.45, 2.75) is 41.3 Å². The third kappa shape index (κ3) is 5.57. The van der Waals surface area contributed by atoms with Crippen LogP contribution in [0.5, 0.6) is 0 Å². The first-order valence-corrected chi connectivity index (χ1v) is 12.6. The smallest absolute Gasteiger partial charge is 0.200 e. The van der Waals surface area contributed by atoms with Crippen LogP contribution in [-0.4, -0.2) is 81.2 Å². The second-order valence-electron chi connectivity index (χ2n) is 8.10. The van der Waals surface area contributed by atoms with Gasteiger partial charge >= 0.3 is 0 Å². The third-order valence-corrected chi connectivity index (χ3v) is 7.19. The maximum atomic E-state index is 13.8. The first kappa shape index (κ1) is 26.6. The normalized spacial score (nSPS) is 23.6. The number of hydrogen-bond acceptors (Lipinski definition) is 11. The van der Waals surface area contributed by atoms with E-state index in [-0.39, 0.29) is 23.7 Å². The molecule has 3 N–H and O–H groups in total. The number of aliphatic hydroxyl groups excluding tert-OH is 2. The number of thioether (sulfide) groups is 1. The number of aromatic nitrogens is 8. The topological polar surface area (TPSA) is 157 Å². The van der Waals surface area contributed by atoms with Gasteiger partial charge in [-0.2, -0.15) is 5.21 Å². The van der Waals surface area contributed by atoms with Crippen molar-refractivity contribution in [1.82, 2.24) is 40.6 Å². The zero-order valence-electron chi connectivity index (χ0n) is 19.0. The molecule has 2 unspecified atom stereocenters. The molecule has 4 aromatic rings. The van der Waals surface area contributed by atoms with Crippen LogP contribution in [0.4, 0.5) is 13.2 Å². The highest BCUT2D eigenvalue weighted by atomic mass is 79.9. The maximum Gasteiger partial charge on any atom is 0.200 e. The number of rotatable bonds is 8. The Hall–Kier alpha value is -2.96. The van der Waals surface area contributed by atoms with Crippen LogP contribution in [-0.2, 0) is 16.1 Å². The molecule has 1 fully saturated rings. The molecule has 12 nitrogen and oxygen atoms in total. The minimum Gasteiger partial charge on any atom is -0.394 e. The molecular formula is C21H18BrF3N8O4S. The average molecular weight is 615 g/mol. The molecule has 5 atom stereocenters. The summed E-state index contributed by atoms with van der Waals surface area (Å²) in [6.45, 7) is -0.653. The minimum absolute atomic E-state index is 0.0133. The number of halogens is 4. The van der Waals surface area contributed by atoms with E-state index >= 15 is 0 Å². The zero-order chi connectivity index (χ0) is 26.8. The summed E-state index contributed by atoms with van der Waals surface area (Å²) in [5.41, 5.74) is -0.862. The van der Waals surface area contributed by atoms with Gasteiger partial charge in [-0.05, 0) is 34.1 Å². The summed E-state index contributed by atoms with van der Waals surface area (Å²) in [7, 11) is 0. The van der Waals surface area contributed by atoms with Gasteiger partial charge in [0.1, 0.15) is 42.1 Å². The Labute approximate surface area is 224 Å². The Morgan fingerprint density at radius 3 is 2.63 bits per heavy atom. The van der Waals surface area contributed by atoms with Crippen molar-refractivity contribution in [1.29, 1.82) is 0 Å². The van der Waals surface area contributed by atoms with Crippen molar-refractivity contribution in [3.8, 4) is 11.3 Å². The van der Waals surface area contributed by atoms with Crippen LogP contribution in [0.1, 0.15) is 11.9 Å². The number of nitrogens with one attached hydrogen (secondary N) is 1. The van der Waals surface area contributed by atoms with Gasteiger partial charge in [0.2, 0.25) is 0 Å². The molecule has 5 rings (SSSR count). The van der Waals surface area contributed by atoms with Crippen molar-refractivity contribution in [2.75, 3.05) is 6.61 Å². The van der Waals surface area contributed by atoms with Crippen molar-refractivity contribution in [3.63, 3.8) is 0 Å². The van der Waals surface area contributed by atoms with Crippen LogP contribution < -0.4 is 0 Å². The van der Waals surface area contributed by atoms with Gasteiger partial charge in [-0.15, -0.1) is 15.3 Å². The lowest BCUT2D eigenvalue weighted by Crippen LogP contribution is -2.55. The lowest BCUT2D eigenvalue weighted by atomic mass is 9.97.